The number of hydrogen-bond donors (Lipinski definition) is 1. The molecule has 0 spiro atoms. The summed E-state index contributed by atoms with van der Waals surface area (Å²) in [5, 5.41) is 30.9. The second-order valence-corrected chi connectivity index (χ2v) is 9.81. The first-order chi connectivity index (χ1) is 18.5. The van der Waals surface area contributed by atoms with Crippen molar-refractivity contribution in [3.05, 3.63) is 88.6 Å². The highest BCUT2D eigenvalue weighted by Gasteiger charge is 2.69. The van der Waals surface area contributed by atoms with Gasteiger partial charge in [-0.15, -0.1) is 0 Å². The first-order valence-electron chi connectivity index (χ1n) is 12.7. The molecular formula is C30H30N4O4. The van der Waals surface area contributed by atoms with Crippen LogP contribution >= 0.6 is 0 Å². The lowest BCUT2D eigenvalue weighted by Gasteiger charge is -2.40. The van der Waals surface area contributed by atoms with Crippen molar-refractivity contribution in [2.45, 2.75) is 30.0 Å². The predicted octanol–water partition coefficient (Wildman–Crippen LogP) is 3.84. The molecule has 3 aromatic rings. The SMILES string of the molecule is CN1CCOCC1.COc1nc(C#N)cc2c1C1(O)CCC(c3ccccc3)C1(c1ccc(C#N)cc1)O2. The normalized spacial score (nSPS) is 25.6. The number of benzene rings is 2. The number of aromatic nitrogens is 1. The van der Waals surface area contributed by atoms with E-state index >= 15 is 0 Å². The highest BCUT2D eigenvalue weighted by atomic mass is 16.5. The maximum Gasteiger partial charge on any atom is 0.224 e. The van der Waals surface area contributed by atoms with Gasteiger partial charge in [-0.05, 0) is 43.1 Å². The van der Waals surface area contributed by atoms with Gasteiger partial charge in [0.2, 0.25) is 5.88 Å². The molecule has 3 aliphatic rings. The van der Waals surface area contributed by atoms with E-state index in [0.717, 1.165) is 37.4 Å². The molecule has 2 aromatic carbocycles. The fourth-order valence-electron chi connectivity index (χ4n) is 5.87. The molecule has 6 rings (SSSR count). The molecule has 3 atom stereocenters. The average molecular weight is 511 g/mol. The number of likely N-dealkylation sites (N-methyl/N-ethyl adjacent to an activating group) is 1. The van der Waals surface area contributed by atoms with Crippen molar-refractivity contribution in [3.8, 4) is 23.8 Å². The van der Waals surface area contributed by atoms with Crippen LogP contribution in [0.15, 0.2) is 60.7 Å². The maximum absolute atomic E-state index is 12.2. The third-order valence-electron chi connectivity index (χ3n) is 7.72. The number of methoxy groups -OCH3 is 1. The van der Waals surface area contributed by atoms with Crippen LogP contribution < -0.4 is 9.47 Å². The van der Waals surface area contributed by atoms with Crippen LogP contribution in [0.5, 0.6) is 11.6 Å². The number of pyridine rings is 1. The number of nitrogens with zero attached hydrogens (tertiary/aromatic N) is 4. The third kappa shape index (κ3) is 4.17. The van der Waals surface area contributed by atoms with Crippen LogP contribution in [0, 0.1) is 22.7 Å². The van der Waals surface area contributed by atoms with Gasteiger partial charge in [-0.1, -0.05) is 42.5 Å². The molecule has 0 amide bonds. The summed E-state index contributed by atoms with van der Waals surface area (Å²) in [5.41, 5.74) is 0.402. The van der Waals surface area contributed by atoms with Crippen molar-refractivity contribution in [1.29, 1.82) is 10.5 Å². The van der Waals surface area contributed by atoms with E-state index < -0.39 is 11.2 Å². The van der Waals surface area contributed by atoms with Crippen LogP contribution in [0.25, 0.3) is 0 Å². The molecule has 194 valence electrons. The van der Waals surface area contributed by atoms with E-state index in [1.807, 2.05) is 48.5 Å². The monoisotopic (exact) mass is 510 g/mol. The highest BCUT2D eigenvalue weighted by molar-refractivity contribution is 5.58. The molecule has 8 heteroatoms. The number of nitriles is 2. The van der Waals surface area contributed by atoms with Gasteiger partial charge < -0.3 is 24.2 Å². The smallest absolute Gasteiger partial charge is 0.224 e. The molecule has 1 saturated carbocycles. The van der Waals surface area contributed by atoms with E-state index in [0.29, 0.717) is 29.7 Å². The molecule has 2 aliphatic heterocycles. The summed E-state index contributed by atoms with van der Waals surface area (Å²) < 4.78 is 17.2. The van der Waals surface area contributed by atoms with E-state index in [9.17, 15) is 15.6 Å². The summed E-state index contributed by atoms with van der Waals surface area (Å²) >= 11 is 0. The number of hydrogen-bond acceptors (Lipinski definition) is 8. The second kappa shape index (κ2) is 10.4. The summed E-state index contributed by atoms with van der Waals surface area (Å²) in [6, 6.07) is 22.8. The van der Waals surface area contributed by atoms with Gasteiger partial charge in [-0.25, -0.2) is 4.98 Å². The maximum atomic E-state index is 12.2. The van der Waals surface area contributed by atoms with Crippen molar-refractivity contribution in [3.63, 3.8) is 0 Å². The van der Waals surface area contributed by atoms with Crippen LogP contribution in [0.3, 0.4) is 0 Å². The zero-order chi connectivity index (χ0) is 26.8. The standard InChI is InChI=1S/C25H19N3O3.C5H11NO/c1-30-23-22-21(13-19(15-27)28-23)31-25(18-9-7-16(14-26)8-10-18)20(11-12-24(22,25)29)17-5-3-2-4-6-17;1-6-2-4-7-5-3-6/h2-10,13,20,29H,11-12H2,1H3;2-5H2,1H3. The molecule has 38 heavy (non-hydrogen) atoms. The molecular weight excluding hydrogens is 480 g/mol. The summed E-state index contributed by atoms with van der Waals surface area (Å²) in [5.74, 6) is 0.436. The fourth-order valence-corrected chi connectivity index (χ4v) is 5.87. The Labute approximate surface area is 222 Å². The average Bonchev–Trinajstić information content (AvgIpc) is 3.40. The number of fused-ring (bicyclic) bond motifs is 3. The minimum absolute atomic E-state index is 0.158. The minimum Gasteiger partial charge on any atom is -0.481 e. The Morgan fingerprint density at radius 3 is 2.34 bits per heavy atom. The van der Waals surface area contributed by atoms with Crippen molar-refractivity contribution in [1.82, 2.24) is 9.88 Å². The summed E-state index contributed by atoms with van der Waals surface area (Å²) in [6.07, 6.45) is 1.12. The number of aliphatic hydroxyl groups is 1. The van der Waals surface area contributed by atoms with Crippen molar-refractivity contribution in [2.75, 3.05) is 40.5 Å². The van der Waals surface area contributed by atoms with E-state index in [1.54, 1.807) is 18.2 Å². The van der Waals surface area contributed by atoms with Crippen molar-refractivity contribution < 1.29 is 19.3 Å². The Kier molecular flexibility index (Phi) is 7.05. The second-order valence-electron chi connectivity index (χ2n) is 9.81. The Bertz CT molecular complexity index is 1380. The summed E-state index contributed by atoms with van der Waals surface area (Å²) in [6.45, 7) is 4.02. The first kappa shape index (κ1) is 25.7. The van der Waals surface area contributed by atoms with Crippen molar-refractivity contribution in [2.24, 2.45) is 0 Å². The molecule has 3 unspecified atom stereocenters. The minimum atomic E-state index is -1.41. The van der Waals surface area contributed by atoms with Gasteiger partial charge in [0.25, 0.3) is 0 Å². The predicted molar refractivity (Wildman–Crippen MR) is 140 cm³/mol. The largest absolute Gasteiger partial charge is 0.481 e. The van der Waals surface area contributed by atoms with Crippen LogP contribution in [0.1, 0.15) is 46.7 Å². The van der Waals surface area contributed by atoms with Gasteiger partial charge in [0, 0.05) is 25.1 Å². The highest BCUT2D eigenvalue weighted by Crippen LogP contribution is 2.67. The molecule has 1 aromatic heterocycles. The molecule has 0 bridgehead atoms. The fraction of sp³-hybridized carbons (Fsp3) is 0.367. The van der Waals surface area contributed by atoms with Gasteiger partial charge in [-0.2, -0.15) is 10.5 Å². The van der Waals surface area contributed by atoms with Crippen LogP contribution in [0.2, 0.25) is 0 Å². The van der Waals surface area contributed by atoms with Gasteiger partial charge in [0.05, 0.1) is 37.5 Å². The van der Waals surface area contributed by atoms with Crippen LogP contribution in [-0.2, 0) is 15.9 Å². The van der Waals surface area contributed by atoms with Gasteiger partial charge in [-0.3, -0.25) is 0 Å². The van der Waals surface area contributed by atoms with Gasteiger partial charge in [0.15, 0.2) is 5.60 Å². The van der Waals surface area contributed by atoms with Crippen LogP contribution in [-0.4, -0.2) is 55.5 Å². The molecule has 0 radical (unpaired) electrons. The first-order valence-corrected chi connectivity index (χ1v) is 12.7. The number of rotatable bonds is 3. The van der Waals surface area contributed by atoms with Gasteiger partial charge in [0.1, 0.15) is 23.1 Å². The van der Waals surface area contributed by atoms with E-state index in [1.165, 1.54) is 7.11 Å². The Hall–Kier alpha value is -3.95. The topological polar surface area (TPSA) is 112 Å². The van der Waals surface area contributed by atoms with Crippen molar-refractivity contribution >= 4 is 0 Å². The number of ether oxygens (including phenoxy) is 3. The molecule has 1 saturated heterocycles. The molecule has 1 aliphatic carbocycles. The number of morpholine rings is 1. The molecule has 1 N–H and O–H groups in total. The van der Waals surface area contributed by atoms with Crippen LogP contribution in [0.4, 0.5) is 0 Å². The third-order valence-corrected chi connectivity index (χ3v) is 7.72. The molecule has 8 nitrogen and oxygen atoms in total. The Balaban J connectivity index is 0.000000366. The molecule has 2 fully saturated rings. The summed E-state index contributed by atoms with van der Waals surface area (Å²) in [4.78, 5) is 6.54. The van der Waals surface area contributed by atoms with E-state index in [-0.39, 0.29) is 17.5 Å². The lowest BCUT2D eigenvalue weighted by molar-refractivity contribution is -0.106. The lowest BCUT2D eigenvalue weighted by atomic mass is 9.72. The lowest BCUT2D eigenvalue weighted by Crippen LogP contribution is -2.48. The Morgan fingerprint density at radius 1 is 1.05 bits per heavy atom. The zero-order valence-corrected chi connectivity index (χ0v) is 21.6. The van der Waals surface area contributed by atoms with Gasteiger partial charge >= 0.3 is 0 Å². The molecule has 3 heterocycles. The quantitative estimate of drug-likeness (QED) is 0.566. The summed E-state index contributed by atoms with van der Waals surface area (Å²) in [7, 11) is 3.58. The van der Waals surface area contributed by atoms with E-state index in [2.05, 4.69) is 23.0 Å². The van der Waals surface area contributed by atoms with E-state index in [4.69, 9.17) is 14.2 Å². The Morgan fingerprint density at radius 2 is 1.76 bits per heavy atom. The zero-order valence-electron chi connectivity index (χ0n) is 21.6.